The zero-order valence-electron chi connectivity index (χ0n) is 11.8. The number of rotatable bonds is 6. The highest BCUT2D eigenvalue weighted by atomic mass is 35.5. The number of alkyl halides is 3. The highest BCUT2D eigenvalue weighted by Crippen LogP contribution is 2.33. The van der Waals surface area contributed by atoms with Crippen molar-refractivity contribution in [1.82, 2.24) is 9.71 Å². The Labute approximate surface area is 148 Å². The molecule has 0 aliphatic carbocycles. The second-order valence-corrected chi connectivity index (χ2v) is 7.16. The number of carbonyl (C=O) groups is 1. The van der Waals surface area contributed by atoms with E-state index in [0.29, 0.717) is 32.4 Å². The molecule has 128 valence electrons. The molecule has 1 aromatic heterocycles. The second-order valence-electron chi connectivity index (χ2n) is 4.41. The highest BCUT2D eigenvalue weighted by molar-refractivity contribution is 7.99. The van der Waals surface area contributed by atoms with Crippen molar-refractivity contribution in [2.45, 2.75) is 22.0 Å². The molecule has 24 heavy (non-hydrogen) atoms. The molecule has 1 aromatic carbocycles. The number of carbonyl (C=O) groups excluding carboxylic acids is 1. The van der Waals surface area contributed by atoms with Gasteiger partial charge in [0, 0.05) is 21.7 Å². The third-order valence-corrected chi connectivity index (χ3v) is 4.98. The van der Waals surface area contributed by atoms with Crippen molar-refractivity contribution >= 4 is 41.0 Å². The fraction of sp³-hybridized carbons (Fsp3) is 0.143. The molecule has 2 aromatic rings. The van der Waals surface area contributed by atoms with E-state index in [1.807, 2.05) is 4.72 Å². The topological polar surface area (TPSA) is 65.0 Å². The summed E-state index contributed by atoms with van der Waals surface area (Å²) in [6, 6.07) is 7.81. The number of hydrogen-bond acceptors (Lipinski definition) is 5. The number of pyridine rings is 1. The van der Waals surface area contributed by atoms with Crippen molar-refractivity contribution in [3.63, 3.8) is 0 Å². The summed E-state index contributed by atoms with van der Waals surface area (Å²) in [5.74, 6) is 0. The average Bonchev–Trinajstić information content (AvgIpc) is 2.54. The largest absolute Gasteiger partial charge is 0.592 e. The Morgan fingerprint density at radius 2 is 2.12 bits per heavy atom. The van der Waals surface area contributed by atoms with Crippen LogP contribution in [0.5, 0.6) is 0 Å². The van der Waals surface area contributed by atoms with Gasteiger partial charge in [-0.05, 0) is 35.9 Å². The van der Waals surface area contributed by atoms with Crippen molar-refractivity contribution in [2.24, 2.45) is 0 Å². The molecule has 0 bridgehead atoms. The Kier molecular flexibility index (Phi) is 6.53. The smallest absolute Gasteiger partial charge is 0.591 e. The van der Waals surface area contributed by atoms with Gasteiger partial charge in [-0.2, -0.15) is 0 Å². The SMILES string of the molecule is O=Cc1cccnc1Sc1ccc(Cl)cc1CN[S+]([O-])C(F)(F)F. The summed E-state index contributed by atoms with van der Waals surface area (Å²) >= 11 is 3.81. The molecule has 1 N–H and O–H groups in total. The summed E-state index contributed by atoms with van der Waals surface area (Å²) in [7, 11) is 0. The first-order valence-electron chi connectivity index (χ1n) is 6.40. The zero-order chi connectivity index (χ0) is 17.7. The third-order valence-electron chi connectivity index (χ3n) is 2.76. The second kappa shape index (κ2) is 8.21. The third kappa shape index (κ3) is 5.12. The van der Waals surface area contributed by atoms with E-state index in [1.165, 1.54) is 12.3 Å². The summed E-state index contributed by atoms with van der Waals surface area (Å²) < 4.78 is 50.0. The molecule has 1 unspecified atom stereocenters. The van der Waals surface area contributed by atoms with Gasteiger partial charge in [0.2, 0.25) is 0 Å². The average molecular weight is 395 g/mol. The van der Waals surface area contributed by atoms with E-state index in [9.17, 15) is 22.5 Å². The standard InChI is InChI=1S/C14H10ClF3N2O2S2/c15-11-3-4-12(23-13-9(8-21)2-1-5-19-13)10(6-11)7-20-24(22)14(16,17)18/h1-6,8,20H,7H2. The minimum atomic E-state index is -4.85. The molecule has 0 spiro atoms. The molecule has 0 saturated heterocycles. The number of nitrogens with one attached hydrogen (secondary N) is 1. The van der Waals surface area contributed by atoms with Gasteiger partial charge < -0.3 is 4.55 Å². The van der Waals surface area contributed by atoms with Crippen LogP contribution >= 0.6 is 23.4 Å². The van der Waals surface area contributed by atoms with Crippen molar-refractivity contribution in [3.8, 4) is 0 Å². The monoisotopic (exact) mass is 394 g/mol. The summed E-state index contributed by atoms with van der Waals surface area (Å²) in [6.45, 7) is -0.307. The van der Waals surface area contributed by atoms with Gasteiger partial charge in [0.1, 0.15) is 5.03 Å². The quantitative estimate of drug-likeness (QED) is 0.593. The predicted molar refractivity (Wildman–Crippen MR) is 86.2 cm³/mol. The number of hydrogen-bond donors (Lipinski definition) is 1. The molecule has 0 amide bonds. The van der Waals surface area contributed by atoms with E-state index in [1.54, 1.807) is 24.3 Å². The minimum absolute atomic E-state index is 0.307. The van der Waals surface area contributed by atoms with E-state index in [-0.39, 0.29) is 6.54 Å². The van der Waals surface area contributed by atoms with Crippen LogP contribution in [0.2, 0.25) is 5.02 Å². The van der Waals surface area contributed by atoms with E-state index >= 15 is 0 Å². The molecule has 0 aliphatic heterocycles. The molecule has 0 aliphatic rings. The molecule has 1 heterocycles. The molecule has 1 atom stereocenters. The van der Waals surface area contributed by atoms with Gasteiger partial charge in [-0.1, -0.05) is 23.4 Å². The maximum Gasteiger partial charge on any atom is 0.592 e. The lowest BCUT2D eigenvalue weighted by Crippen LogP contribution is -2.36. The number of aldehydes is 1. The van der Waals surface area contributed by atoms with Gasteiger partial charge in [0.15, 0.2) is 17.6 Å². The summed E-state index contributed by atoms with van der Waals surface area (Å²) in [5, 5.41) is 0.735. The lowest BCUT2D eigenvalue weighted by molar-refractivity contribution is -0.0447. The molecule has 0 radical (unpaired) electrons. The predicted octanol–water partition coefficient (Wildman–Crippen LogP) is 3.97. The van der Waals surface area contributed by atoms with Crippen molar-refractivity contribution in [1.29, 1.82) is 0 Å². The van der Waals surface area contributed by atoms with Crippen molar-refractivity contribution in [3.05, 3.63) is 52.7 Å². The Morgan fingerprint density at radius 1 is 1.38 bits per heavy atom. The van der Waals surface area contributed by atoms with E-state index in [2.05, 4.69) is 4.98 Å². The lowest BCUT2D eigenvalue weighted by Gasteiger charge is -2.14. The van der Waals surface area contributed by atoms with Crippen LogP contribution < -0.4 is 4.72 Å². The van der Waals surface area contributed by atoms with Crippen molar-refractivity contribution in [2.75, 3.05) is 0 Å². The maximum absolute atomic E-state index is 12.3. The van der Waals surface area contributed by atoms with Crippen LogP contribution in [0.3, 0.4) is 0 Å². The summed E-state index contributed by atoms with van der Waals surface area (Å²) in [6.07, 6.45) is 2.14. The highest BCUT2D eigenvalue weighted by Gasteiger charge is 2.45. The van der Waals surface area contributed by atoms with Gasteiger partial charge in [-0.25, -0.2) is 4.98 Å². The Hall–Kier alpha value is -1.26. The molecular weight excluding hydrogens is 385 g/mol. The molecule has 0 saturated carbocycles. The van der Waals surface area contributed by atoms with Crippen LogP contribution in [0.1, 0.15) is 15.9 Å². The van der Waals surface area contributed by atoms with E-state index < -0.39 is 16.9 Å². The molecule has 10 heteroatoms. The first kappa shape index (κ1) is 19.1. The normalized spacial score (nSPS) is 12.9. The number of nitrogens with zero attached hydrogens (tertiary/aromatic N) is 1. The Bertz CT molecular complexity index is 731. The van der Waals surface area contributed by atoms with Crippen LogP contribution in [0.15, 0.2) is 46.5 Å². The Balaban J connectivity index is 2.23. The number of aromatic nitrogens is 1. The van der Waals surface area contributed by atoms with Gasteiger partial charge in [-0.3, -0.25) is 4.79 Å². The van der Waals surface area contributed by atoms with Crippen LogP contribution in [0, 0.1) is 0 Å². The zero-order valence-corrected chi connectivity index (χ0v) is 14.2. The summed E-state index contributed by atoms with van der Waals surface area (Å²) in [4.78, 5) is 15.7. The van der Waals surface area contributed by atoms with E-state index in [4.69, 9.17) is 11.6 Å². The summed E-state index contributed by atoms with van der Waals surface area (Å²) in [5.41, 5.74) is -4.08. The fourth-order valence-electron chi connectivity index (χ4n) is 1.69. The molecule has 0 fully saturated rings. The first-order valence-corrected chi connectivity index (χ1v) is 8.74. The first-order chi connectivity index (χ1) is 11.3. The van der Waals surface area contributed by atoms with Crippen molar-refractivity contribution < 1.29 is 22.5 Å². The van der Waals surface area contributed by atoms with E-state index in [0.717, 1.165) is 11.8 Å². The van der Waals surface area contributed by atoms with Gasteiger partial charge in [-0.15, -0.1) is 17.9 Å². The number of benzene rings is 1. The van der Waals surface area contributed by atoms with Crippen LogP contribution in [-0.4, -0.2) is 21.3 Å². The lowest BCUT2D eigenvalue weighted by atomic mass is 10.2. The van der Waals surface area contributed by atoms with Gasteiger partial charge >= 0.3 is 5.51 Å². The molecule has 4 nitrogen and oxygen atoms in total. The number of halogens is 4. The Morgan fingerprint density at radius 3 is 2.79 bits per heavy atom. The fourth-order valence-corrected chi connectivity index (χ4v) is 3.29. The van der Waals surface area contributed by atoms with Crippen LogP contribution in [0.25, 0.3) is 0 Å². The molecule has 2 rings (SSSR count). The van der Waals surface area contributed by atoms with Gasteiger partial charge in [0.05, 0.1) is 6.54 Å². The minimum Gasteiger partial charge on any atom is -0.591 e. The van der Waals surface area contributed by atoms with Crippen LogP contribution in [0.4, 0.5) is 13.2 Å². The maximum atomic E-state index is 12.3. The van der Waals surface area contributed by atoms with Gasteiger partial charge in [0.25, 0.3) is 0 Å². The molecular formula is C14H10ClF3N2O2S2. The van der Waals surface area contributed by atoms with Crippen LogP contribution in [-0.2, 0) is 17.9 Å².